The van der Waals surface area contributed by atoms with Gasteiger partial charge in [0, 0.05) is 12.1 Å². The molecular formula is C11H22N2O2. The molecule has 1 aliphatic heterocycles. The first-order valence-corrected chi connectivity index (χ1v) is 5.77. The smallest absolute Gasteiger partial charge is 0.234 e. The van der Waals surface area contributed by atoms with Crippen LogP contribution in [-0.4, -0.2) is 47.7 Å². The second kappa shape index (κ2) is 6.08. The lowest BCUT2D eigenvalue weighted by Crippen LogP contribution is -2.48. The summed E-state index contributed by atoms with van der Waals surface area (Å²) in [5.74, 6) is 0.0605. The number of likely N-dealkylation sites (tertiary alicyclic amines) is 1. The fourth-order valence-electron chi connectivity index (χ4n) is 2.03. The minimum atomic E-state index is 0.0605. The van der Waals surface area contributed by atoms with Gasteiger partial charge in [-0.3, -0.25) is 9.69 Å². The number of rotatable bonds is 4. The van der Waals surface area contributed by atoms with Crippen molar-refractivity contribution >= 4 is 5.91 Å². The summed E-state index contributed by atoms with van der Waals surface area (Å²) in [6, 6.07) is 0.367. The predicted octanol–water partition coefficient (Wildman–Crippen LogP) is 0.358. The summed E-state index contributed by atoms with van der Waals surface area (Å²) in [5, 5.41) is 12.1. The number of carbonyl (C=O) groups is 1. The van der Waals surface area contributed by atoms with Gasteiger partial charge in [-0.1, -0.05) is 6.42 Å². The van der Waals surface area contributed by atoms with Gasteiger partial charge in [0.15, 0.2) is 0 Å². The number of hydrogen-bond acceptors (Lipinski definition) is 3. The summed E-state index contributed by atoms with van der Waals surface area (Å²) in [5.41, 5.74) is 0. The van der Waals surface area contributed by atoms with E-state index in [1.807, 2.05) is 13.8 Å². The summed E-state index contributed by atoms with van der Waals surface area (Å²) >= 11 is 0. The number of aliphatic hydroxyl groups is 1. The third kappa shape index (κ3) is 4.18. The summed E-state index contributed by atoms with van der Waals surface area (Å²) in [6.45, 7) is 5.42. The molecule has 0 aromatic carbocycles. The van der Waals surface area contributed by atoms with Crippen molar-refractivity contribution in [2.45, 2.75) is 45.2 Å². The SMILES string of the molecule is CC(C)NC(=O)CN1CCCCC1CO. The Morgan fingerprint density at radius 1 is 1.53 bits per heavy atom. The third-order valence-corrected chi connectivity index (χ3v) is 2.76. The quantitative estimate of drug-likeness (QED) is 0.710. The molecule has 1 fully saturated rings. The van der Waals surface area contributed by atoms with Crippen LogP contribution in [0, 0.1) is 0 Å². The number of nitrogens with one attached hydrogen (secondary N) is 1. The molecule has 1 aliphatic rings. The molecule has 1 saturated heterocycles. The third-order valence-electron chi connectivity index (χ3n) is 2.76. The molecule has 0 spiro atoms. The van der Waals surface area contributed by atoms with Crippen LogP contribution < -0.4 is 5.32 Å². The molecule has 0 bridgehead atoms. The van der Waals surface area contributed by atoms with Crippen molar-refractivity contribution in [1.82, 2.24) is 10.2 Å². The van der Waals surface area contributed by atoms with E-state index in [-0.39, 0.29) is 24.6 Å². The normalized spacial score (nSPS) is 23.1. The Bertz CT molecular complexity index is 207. The van der Waals surface area contributed by atoms with E-state index in [9.17, 15) is 9.90 Å². The van der Waals surface area contributed by atoms with Gasteiger partial charge in [0.05, 0.1) is 13.2 Å². The number of amides is 1. The molecule has 0 saturated carbocycles. The predicted molar refractivity (Wildman–Crippen MR) is 59.6 cm³/mol. The number of piperidine rings is 1. The zero-order valence-electron chi connectivity index (χ0n) is 9.70. The largest absolute Gasteiger partial charge is 0.395 e. The minimum absolute atomic E-state index is 0.0605. The molecule has 1 atom stereocenters. The molecule has 1 unspecified atom stereocenters. The van der Waals surface area contributed by atoms with Crippen molar-refractivity contribution < 1.29 is 9.90 Å². The first-order valence-electron chi connectivity index (χ1n) is 5.77. The highest BCUT2D eigenvalue weighted by molar-refractivity contribution is 5.78. The lowest BCUT2D eigenvalue weighted by Gasteiger charge is -2.34. The lowest BCUT2D eigenvalue weighted by molar-refractivity contribution is -0.123. The maximum absolute atomic E-state index is 11.5. The van der Waals surface area contributed by atoms with Crippen LogP contribution in [0.25, 0.3) is 0 Å². The Balaban J connectivity index is 2.37. The summed E-state index contributed by atoms with van der Waals surface area (Å²) in [4.78, 5) is 13.6. The van der Waals surface area contributed by atoms with E-state index in [0.717, 1.165) is 25.8 Å². The van der Waals surface area contributed by atoms with Gasteiger partial charge in [0.1, 0.15) is 0 Å². The molecule has 88 valence electrons. The van der Waals surface area contributed by atoms with Crippen molar-refractivity contribution in [2.75, 3.05) is 19.7 Å². The van der Waals surface area contributed by atoms with Gasteiger partial charge in [-0.05, 0) is 33.2 Å². The van der Waals surface area contributed by atoms with Gasteiger partial charge < -0.3 is 10.4 Å². The van der Waals surface area contributed by atoms with E-state index in [1.165, 1.54) is 0 Å². The van der Waals surface area contributed by atoms with Crippen LogP contribution in [0.2, 0.25) is 0 Å². The monoisotopic (exact) mass is 214 g/mol. The molecule has 1 heterocycles. The van der Waals surface area contributed by atoms with Gasteiger partial charge in [0.25, 0.3) is 0 Å². The summed E-state index contributed by atoms with van der Waals surface area (Å²) < 4.78 is 0. The van der Waals surface area contributed by atoms with Crippen LogP contribution >= 0.6 is 0 Å². The van der Waals surface area contributed by atoms with Gasteiger partial charge in [-0.2, -0.15) is 0 Å². The molecule has 4 heteroatoms. The number of carbonyl (C=O) groups excluding carboxylic acids is 1. The average molecular weight is 214 g/mol. The van der Waals surface area contributed by atoms with Crippen LogP contribution in [0.15, 0.2) is 0 Å². The number of aliphatic hydroxyl groups excluding tert-OH is 1. The Labute approximate surface area is 91.6 Å². The van der Waals surface area contributed by atoms with Gasteiger partial charge in [-0.15, -0.1) is 0 Å². The van der Waals surface area contributed by atoms with E-state index >= 15 is 0 Å². The van der Waals surface area contributed by atoms with Crippen molar-refractivity contribution in [1.29, 1.82) is 0 Å². The zero-order chi connectivity index (χ0) is 11.3. The van der Waals surface area contributed by atoms with E-state index in [0.29, 0.717) is 6.54 Å². The highest BCUT2D eigenvalue weighted by atomic mass is 16.3. The van der Waals surface area contributed by atoms with Crippen LogP contribution in [0.5, 0.6) is 0 Å². The topological polar surface area (TPSA) is 52.6 Å². The zero-order valence-corrected chi connectivity index (χ0v) is 9.70. The second-order valence-electron chi connectivity index (χ2n) is 4.52. The first-order chi connectivity index (χ1) is 7.13. The Kier molecular flexibility index (Phi) is 5.05. The summed E-state index contributed by atoms with van der Waals surface area (Å²) in [6.07, 6.45) is 3.30. The molecule has 0 aliphatic carbocycles. The molecule has 4 nitrogen and oxygen atoms in total. The molecule has 0 radical (unpaired) electrons. The fraction of sp³-hybridized carbons (Fsp3) is 0.909. The highest BCUT2D eigenvalue weighted by Crippen LogP contribution is 2.15. The van der Waals surface area contributed by atoms with Crippen LogP contribution in [0.3, 0.4) is 0 Å². The van der Waals surface area contributed by atoms with Crippen molar-refractivity contribution in [3.05, 3.63) is 0 Å². The van der Waals surface area contributed by atoms with Gasteiger partial charge >= 0.3 is 0 Å². The average Bonchev–Trinajstić information content (AvgIpc) is 2.17. The van der Waals surface area contributed by atoms with Crippen molar-refractivity contribution in [3.63, 3.8) is 0 Å². The minimum Gasteiger partial charge on any atom is -0.395 e. The maximum Gasteiger partial charge on any atom is 0.234 e. The fourth-order valence-corrected chi connectivity index (χ4v) is 2.03. The van der Waals surface area contributed by atoms with E-state index in [4.69, 9.17) is 0 Å². The first kappa shape index (κ1) is 12.5. The molecule has 2 N–H and O–H groups in total. The Hall–Kier alpha value is -0.610. The number of nitrogens with zero attached hydrogens (tertiary/aromatic N) is 1. The van der Waals surface area contributed by atoms with E-state index < -0.39 is 0 Å². The Morgan fingerprint density at radius 3 is 2.87 bits per heavy atom. The molecule has 1 rings (SSSR count). The van der Waals surface area contributed by atoms with Crippen LogP contribution in [-0.2, 0) is 4.79 Å². The lowest BCUT2D eigenvalue weighted by atomic mass is 10.0. The standard InChI is InChI=1S/C11H22N2O2/c1-9(2)12-11(15)7-13-6-4-3-5-10(13)8-14/h9-10,14H,3-8H2,1-2H3,(H,12,15). The molecule has 0 aromatic heterocycles. The molecule has 0 aromatic rings. The van der Waals surface area contributed by atoms with Crippen LogP contribution in [0.1, 0.15) is 33.1 Å². The maximum atomic E-state index is 11.5. The van der Waals surface area contributed by atoms with E-state index in [1.54, 1.807) is 0 Å². The van der Waals surface area contributed by atoms with Crippen molar-refractivity contribution in [3.8, 4) is 0 Å². The molecular weight excluding hydrogens is 192 g/mol. The number of hydrogen-bond donors (Lipinski definition) is 2. The van der Waals surface area contributed by atoms with Crippen molar-refractivity contribution in [2.24, 2.45) is 0 Å². The second-order valence-corrected chi connectivity index (χ2v) is 4.52. The van der Waals surface area contributed by atoms with Gasteiger partial charge in [0.2, 0.25) is 5.91 Å². The molecule has 1 amide bonds. The Morgan fingerprint density at radius 2 is 2.27 bits per heavy atom. The van der Waals surface area contributed by atoms with Gasteiger partial charge in [-0.25, -0.2) is 0 Å². The summed E-state index contributed by atoms with van der Waals surface area (Å²) in [7, 11) is 0. The molecule has 15 heavy (non-hydrogen) atoms. The van der Waals surface area contributed by atoms with Crippen LogP contribution in [0.4, 0.5) is 0 Å². The highest BCUT2D eigenvalue weighted by Gasteiger charge is 2.23. The van der Waals surface area contributed by atoms with E-state index in [2.05, 4.69) is 10.2 Å².